The van der Waals surface area contributed by atoms with Crippen molar-refractivity contribution in [1.29, 1.82) is 5.26 Å². The van der Waals surface area contributed by atoms with Crippen molar-refractivity contribution in [1.82, 2.24) is 0 Å². The predicted octanol–water partition coefficient (Wildman–Crippen LogP) is 2.13. The largest absolute Gasteiger partial charge is 0.496 e. The van der Waals surface area contributed by atoms with Crippen molar-refractivity contribution < 1.29 is 9.53 Å². The molecule has 1 aliphatic carbocycles. The quantitative estimate of drug-likeness (QED) is 0.759. The van der Waals surface area contributed by atoms with Crippen LogP contribution < -0.4 is 4.74 Å². The smallest absolute Gasteiger partial charge is 0.136 e. The number of nitrogens with zero attached hydrogens (tertiary/aromatic N) is 1. The van der Waals surface area contributed by atoms with Crippen LogP contribution in [0.4, 0.5) is 0 Å². The number of ether oxygens (including phenoxy) is 1. The molecule has 1 aromatic rings. The first-order chi connectivity index (χ1) is 7.63. The minimum absolute atomic E-state index is 0.144. The summed E-state index contributed by atoms with van der Waals surface area (Å²) in [4.78, 5) is 11.1. The standard InChI is InChI=1S/C13H13NO2/c1-9-4-3-5-11(12(9)16-2)13(8-14)6-10(15)7-13/h3-5H,6-7H2,1-2H3. The lowest BCUT2D eigenvalue weighted by Crippen LogP contribution is -2.40. The van der Waals surface area contributed by atoms with Gasteiger partial charge in [-0.3, -0.25) is 4.79 Å². The average Bonchev–Trinajstić information content (AvgIpc) is 2.24. The molecule has 0 radical (unpaired) electrons. The molecule has 1 saturated carbocycles. The second-order valence-electron chi connectivity index (χ2n) is 4.24. The highest BCUT2D eigenvalue weighted by atomic mass is 16.5. The maximum Gasteiger partial charge on any atom is 0.136 e. The molecule has 0 aliphatic heterocycles. The molecule has 0 amide bonds. The summed E-state index contributed by atoms with van der Waals surface area (Å²) < 4.78 is 5.33. The van der Waals surface area contributed by atoms with Crippen LogP contribution in [-0.4, -0.2) is 12.9 Å². The van der Waals surface area contributed by atoms with E-state index >= 15 is 0 Å². The summed E-state index contributed by atoms with van der Waals surface area (Å²) in [7, 11) is 1.59. The van der Waals surface area contributed by atoms with E-state index in [0.29, 0.717) is 12.8 Å². The summed E-state index contributed by atoms with van der Waals surface area (Å²) >= 11 is 0. The lowest BCUT2D eigenvalue weighted by Gasteiger charge is -2.35. The lowest BCUT2D eigenvalue weighted by molar-refractivity contribution is -0.126. The third kappa shape index (κ3) is 1.38. The molecule has 0 aromatic heterocycles. The van der Waals surface area contributed by atoms with Gasteiger partial charge in [-0.25, -0.2) is 0 Å². The zero-order chi connectivity index (χ0) is 11.8. The van der Waals surface area contributed by atoms with Gasteiger partial charge in [-0.15, -0.1) is 0 Å². The molecular formula is C13H13NO2. The van der Waals surface area contributed by atoms with E-state index in [4.69, 9.17) is 4.74 Å². The van der Waals surface area contributed by atoms with E-state index in [-0.39, 0.29) is 5.78 Å². The normalized spacial score (nSPS) is 17.4. The number of benzene rings is 1. The Morgan fingerprint density at radius 2 is 2.12 bits per heavy atom. The summed E-state index contributed by atoms with van der Waals surface area (Å²) in [6.07, 6.45) is 0.618. The zero-order valence-corrected chi connectivity index (χ0v) is 9.41. The Labute approximate surface area is 94.6 Å². The number of methoxy groups -OCH3 is 1. The van der Waals surface area contributed by atoms with E-state index in [2.05, 4.69) is 6.07 Å². The topological polar surface area (TPSA) is 50.1 Å². The summed E-state index contributed by atoms with van der Waals surface area (Å²) in [5, 5.41) is 9.26. The number of carbonyl (C=O) groups is 1. The maximum atomic E-state index is 11.1. The zero-order valence-electron chi connectivity index (χ0n) is 9.41. The van der Waals surface area contributed by atoms with Crippen molar-refractivity contribution in [2.75, 3.05) is 7.11 Å². The number of nitriles is 1. The highest BCUT2D eigenvalue weighted by molar-refractivity contribution is 5.90. The van der Waals surface area contributed by atoms with Crippen LogP contribution in [0.3, 0.4) is 0 Å². The number of carbonyl (C=O) groups excluding carboxylic acids is 1. The van der Waals surface area contributed by atoms with Crippen molar-refractivity contribution in [2.45, 2.75) is 25.2 Å². The predicted molar refractivity (Wildman–Crippen MR) is 59.3 cm³/mol. The molecule has 3 nitrogen and oxygen atoms in total. The van der Waals surface area contributed by atoms with Crippen molar-refractivity contribution in [3.63, 3.8) is 0 Å². The Morgan fingerprint density at radius 1 is 1.44 bits per heavy atom. The summed E-state index contributed by atoms with van der Waals surface area (Å²) in [6.45, 7) is 1.94. The van der Waals surface area contributed by atoms with Gasteiger partial charge in [-0.2, -0.15) is 5.26 Å². The van der Waals surface area contributed by atoms with Gasteiger partial charge in [0.25, 0.3) is 0 Å². The molecule has 82 valence electrons. The summed E-state index contributed by atoms with van der Waals surface area (Å²) in [5.41, 5.74) is 1.18. The fourth-order valence-corrected chi connectivity index (χ4v) is 2.25. The van der Waals surface area contributed by atoms with Gasteiger partial charge in [0.15, 0.2) is 0 Å². The highest BCUT2D eigenvalue weighted by Crippen LogP contribution is 2.45. The van der Waals surface area contributed by atoms with E-state index in [1.54, 1.807) is 7.11 Å². The molecule has 0 heterocycles. The third-order valence-electron chi connectivity index (χ3n) is 3.14. The molecule has 0 spiro atoms. The number of para-hydroxylation sites is 1. The third-order valence-corrected chi connectivity index (χ3v) is 3.14. The van der Waals surface area contributed by atoms with Gasteiger partial charge in [0.05, 0.1) is 18.6 Å². The number of Topliss-reactive ketones (excluding diaryl/α,β-unsaturated/α-hetero) is 1. The van der Waals surface area contributed by atoms with Gasteiger partial charge >= 0.3 is 0 Å². The highest BCUT2D eigenvalue weighted by Gasteiger charge is 2.47. The van der Waals surface area contributed by atoms with E-state index < -0.39 is 5.41 Å². The monoisotopic (exact) mass is 215 g/mol. The van der Waals surface area contributed by atoms with Crippen LogP contribution in [-0.2, 0) is 10.2 Å². The number of ketones is 1. The van der Waals surface area contributed by atoms with E-state index in [1.807, 2.05) is 25.1 Å². The molecule has 1 fully saturated rings. The fraction of sp³-hybridized carbons (Fsp3) is 0.385. The number of hydrogen-bond acceptors (Lipinski definition) is 3. The van der Waals surface area contributed by atoms with Crippen LogP contribution in [0.25, 0.3) is 0 Å². The molecule has 0 atom stereocenters. The van der Waals surface area contributed by atoms with Gasteiger partial charge in [0.1, 0.15) is 11.5 Å². The van der Waals surface area contributed by atoms with Crippen molar-refractivity contribution in [3.8, 4) is 11.8 Å². The lowest BCUT2D eigenvalue weighted by atomic mass is 9.64. The van der Waals surface area contributed by atoms with Gasteiger partial charge in [0.2, 0.25) is 0 Å². The van der Waals surface area contributed by atoms with Crippen LogP contribution >= 0.6 is 0 Å². The van der Waals surface area contributed by atoms with Crippen molar-refractivity contribution in [3.05, 3.63) is 29.3 Å². The van der Waals surface area contributed by atoms with E-state index in [9.17, 15) is 10.1 Å². The SMILES string of the molecule is COc1c(C)cccc1C1(C#N)CC(=O)C1. The minimum Gasteiger partial charge on any atom is -0.496 e. The number of rotatable bonds is 2. The molecule has 16 heavy (non-hydrogen) atoms. The van der Waals surface area contributed by atoms with E-state index in [0.717, 1.165) is 16.9 Å². The molecule has 1 aliphatic rings. The average molecular weight is 215 g/mol. The van der Waals surface area contributed by atoms with E-state index in [1.165, 1.54) is 0 Å². The first-order valence-electron chi connectivity index (χ1n) is 5.20. The molecule has 2 rings (SSSR count). The molecule has 0 unspecified atom stereocenters. The Kier molecular flexibility index (Phi) is 2.43. The number of aryl methyl sites for hydroxylation is 1. The van der Waals surface area contributed by atoms with Gasteiger partial charge in [-0.05, 0) is 12.5 Å². The molecule has 0 bridgehead atoms. The van der Waals surface area contributed by atoms with Crippen LogP contribution in [0.1, 0.15) is 24.0 Å². The fourth-order valence-electron chi connectivity index (χ4n) is 2.25. The Morgan fingerprint density at radius 3 is 2.62 bits per heavy atom. The summed E-state index contributed by atoms with van der Waals surface area (Å²) in [5.74, 6) is 0.877. The van der Waals surface area contributed by atoms with Gasteiger partial charge in [0, 0.05) is 18.4 Å². The second-order valence-corrected chi connectivity index (χ2v) is 4.24. The van der Waals surface area contributed by atoms with Crippen LogP contribution in [0.5, 0.6) is 5.75 Å². The Bertz CT molecular complexity index is 477. The van der Waals surface area contributed by atoms with Crippen LogP contribution in [0.15, 0.2) is 18.2 Å². The molecular weight excluding hydrogens is 202 g/mol. The van der Waals surface area contributed by atoms with Crippen LogP contribution in [0.2, 0.25) is 0 Å². The second kappa shape index (κ2) is 3.64. The summed E-state index contributed by atoms with van der Waals surface area (Å²) in [6, 6.07) is 7.98. The Hall–Kier alpha value is -1.82. The molecule has 0 N–H and O–H groups in total. The van der Waals surface area contributed by atoms with Crippen molar-refractivity contribution >= 4 is 5.78 Å². The van der Waals surface area contributed by atoms with Crippen LogP contribution in [0, 0.1) is 18.3 Å². The van der Waals surface area contributed by atoms with Gasteiger partial charge < -0.3 is 4.74 Å². The number of hydrogen-bond donors (Lipinski definition) is 0. The molecule has 1 aromatic carbocycles. The maximum absolute atomic E-state index is 11.1. The first-order valence-corrected chi connectivity index (χ1v) is 5.20. The Balaban J connectivity index is 2.52. The first kappa shape index (κ1) is 10.7. The molecule has 3 heteroatoms. The van der Waals surface area contributed by atoms with Gasteiger partial charge in [-0.1, -0.05) is 18.2 Å². The minimum atomic E-state index is -0.658. The molecule has 0 saturated heterocycles. The van der Waals surface area contributed by atoms with Crippen molar-refractivity contribution in [2.24, 2.45) is 0 Å².